The number of hydrogen-bond donors (Lipinski definition) is 0. The molecule has 0 atom stereocenters. The van der Waals surface area contributed by atoms with Crippen molar-refractivity contribution in [2.45, 2.75) is 0 Å². The Labute approximate surface area is 151 Å². The van der Waals surface area contributed by atoms with Crippen LogP contribution in [-0.2, 0) is 0 Å². The van der Waals surface area contributed by atoms with Crippen LogP contribution in [0.3, 0.4) is 0 Å². The van der Waals surface area contributed by atoms with E-state index in [0.29, 0.717) is 17.2 Å². The Bertz CT molecular complexity index is 1100. The Kier molecular flexibility index (Phi) is 3.82. The first-order chi connectivity index (χ1) is 12.7. The molecule has 0 N–H and O–H groups in total. The standard InChI is InChI=1S/C20H16N6/c1-25(2)17-9-7-16(8-10-17)19-23-20-22-12-11-18(26(20)24-19)15-5-3-14(13-21)4-6-15/h3-12H,1-2H3. The third kappa shape index (κ3) is 2.76. The van der Waals surface area contributed by atoms with Gasteiger partial charge in [0.2, 0.25) is 0 Å². The van der Waals surface area contributed by atoms with Crippen molar-refractivity contribution in [1.82, 2.24) is 19.6 Å². The third-order valence-corrected chi connectivity index (χ3v) is 4.19. The summed E-state index contributed by atoms with van der Waals surface area (Å²) >= 11 is 0. The fourth-order valence-corrected chi connectivity index (χ4v) is 2.76. The van der Waals surface area contributed by atoms with Gasteiger partial charge in [-0.1, -0.05) is 12.1 Å². The molecule has 0 radical (unpaired) electrons. The Morgan fingerprint density at radius 3 is 2.27 bits per heavy atom. The lowest BCUT2D eigenvalue weighted by Crippen LogP contribution is -2.07. The van der Waals surface area contributed by atoms with Gasteiger partial charge >= 0.3 is 0 Å². The molecule has 26 heavy (non-hydrogen) atoms. The molecule has 0 saturated heterocycles. The highest BCUT2D eigenvalue weighted by molar-refractivity contribution is 5.65. The van der Waals surface area contributed by atoms with E-state index in [4.69, 9.17) is 5.26 Å². The number of fused-ring (bicyclic) bond motifs is 1. The Balaban J connectivity index is 1.79. The van der Waals surface area contributed by atoms with Gasteiger partial charge in [0.05, 0.1) is 17.3 Å². The second-order valence-electron chi connectivity index (χ2n) is 6.11. The van der Waals surface area contributed by atoms with E-state index in [1.54, 1.807) is 22.8 Å². The van der Waals surface area contributed by atoms with Gasteiger partial charge in [0.25, 0.3) is 5.78 Å². The van der Waals surface area contributed by atoms with E-state index in [9.17, 15) is 0 Å². The van der Waals surface area contributed by atoms with E-state index in [1.807, 2.05) is 61.5 Å². The number of aromatic nitrogens is 4. The highest BCUT2D eigenvalue weighted by Crippen LogP contribution is 2.23. The highest BCUT2D eigenvalue weighted by atomic mass is 15.3. The molecule has 2 aromatic heterocycles. The average molecular weight is 340 g/mol. The van der Waals surface area contributed by atoms with Crippen molar-refractivity contribution < 1.29 is 0 Å². The van der Waals surface area contributed by atoms with E-state index in [0.717, 1.165) is 22.5 Å². The number of nitriles is 1. The van der Waals surface area contributed by atoms with Crippen LogP contribution in [-0.4, -0.2) is 33.7 Å². The molecule has 0 amide bonds. The number of rotatable bonds is 3. The van der Waals surface area contributed by atoms with Crippen LogP contribution < -0.4 is 4.90 Å². The van der Waals surface area contributed by atoms with Crippen LogP contribution in [0.25, 0.3) is 28.4 Å². The first-order valence-corrected chi connectivity index (χ1v) is 8.16. The monoisotopic (exact) mass is 340 g/mol. The van der Waals surface area contributed by atoms with E-state index < -0.39 is 0 Å². The van der Waals surface area contributed by atoms with Crippen LogP contribution in [0.4, 0.5) is 5.69 Å². The fraction of sp³-hybridized carbons (Fsp3) is 0.100. The van der Waals surface area contributed by atoms with Crippen LogP contribution in [0.15, 0.2) is 60.8 Å². The lowest BCUT2D eigenvalue weighted by Gasteiger charge is -2.11. The molecule has 0 fully saturated rings. The van der Waals surface area contributed by atoms with Crippen molar-refractivity contribution in [1.29, 1.82) is 5.26 Å². The van der Waals surface area contributed by atoms with E-state index in [1.165, 1.54) is 0 Å². The maximum Gasteiger partial charge on any atom is 0.253 e. The maximum absolute atomic E-state index is 8.96. The topological polar surface area (TPSA) is 70.1 Å². The molecular weight excluding hydrogens is 324 g/mol. The molecule has 4 aromatic rings. The first-order valence-electron chi connectivity index (χ1n) is 8.16. The molecular formula is C20H16N6. The molecule has 2 heterocycles. The van der Waals surface area contributed by atoms with Gasteiger partial charge in [0.15, 0.2) is 5.82 Å². The predicted octanol–water partition coefficient (Wildman–Crippen LogP) is 3.40. The maximum atomic E-state index is 8.96. The van der Waals surface area contributed by atoms with Crippen LogP contribution in [0, 0.1) is 11.3 Å². The van der Waals surface area contributed by atoms with Crippen molar-refractivity contribution in [2.24, 2.45) is 0 Å². The molecule has 2 aromatic carbocycles. The lowest BCUT2D eigenvalue weighted by molar-refractivity contribution is 0.951. The molecule has 0 spiro atoms. The molecule has 4 rings (SSSR count). The smallest absolute Gasteiger partial charge is 0.253 e. The molecule has 0 aliphatic heterocycles. The van der Waals surface area contributed by atoms with Gasteiger partial charge in [0, 0.05) is 37.1 Å². The van der Waals surface area contributed by atoms with Crippen molar-refractivity contribution in [2.75, 3.05) is 19.0 Å². The second-order valence-corrected chi connectivity index (χ2v) is 6.11. The third-order valence-electron chi connectivity index (χ3n) is 4.19. The molecule has 0 aliphatic carbocycles. The molecule has 0 aliphatic rings. The van der Waals surface area contributed by atoms with Crippen molar-refractivity contribution in [3.63, 3.8) is 0 Å². The minimum Gasteiger partial charge on any atom is -0.378 e. The molecule has 126 valence electrons. The van der Waals surface area contributed by atoms with Gasteiger partial charge in [-0.2, -0.15) is 14.8 Å². The van der Waals surface area contributed by atoms with Crippen molar-refractivity contribution in [3.05, 3.63) is 66.4 Å². The fourth-order valence-electron chi connectivity index (χ4n) is 2.76. The van der Waals surface area contributed by atoms with E-state index in [2.05, 4.69) is 21.1 Å². The summed E-state index contributed by atoms with van der Waals surface area (Å²) in [6, 6.07) is 19.5. The van der Waals surface area contributed by atoms with Gasteiger partial charge in [0.1, 0.15) is 0 Å². The van der Waals surface area contributed by atoms with Gasteiger partial charge in [-0.25, -0.2) is 4.98 Å². The Morgan fingerprint density at radius 2 is 1.62 bits per heavy atom. The van der Waals surface area contributed by atoms with Crippen molar-refractivity contribution >= 4 is 11.5 Å². The van der Waals surface area contributed by atoms with Gasteiger partial charge in [-0.15, -0.1) is 5.10 Å². The van der Waals surface area contributed by atoms with Crippen LogP contribution >= 0.6 is 0 Å². The largest absolute Gasteiger partial charge is 0.378 e. The molecule has 0 unspecified atom stereocenters. The van der Waals surface area contributed by atoms with Crippen molar-refractivity contribution in [3.8, 4) is 28.7 Å². The summed E-state index contributed by atoms with van der Waals surface area (Å²) in [5, 5.41) is 13.6. The number of benzene rings is 2. The SMILES string of the molecule is CN(C)c1ccc(-c2nc3nccc(-c4ccc(C#N)cc4)n3n2)cc1. The lowest BCUT2D eigenvalue weighted by atomic mass is 10.1. The van der Waals surface area contributed by atoms with Crippen LogP contribution in [0.1, 0.15) is 5.56 Å². The summed E-state index contributed by atoms with van der Waals surface area (Å²) in [6.07, 6.45) is 1.72. The van der Waals surface area contributed by atoms with Crippen LogP contribution in [0.5, 0.6) is 0 Å². The number of nitrogens with zero attached hydrogens (tertiary/aromatic N) is 6. The second kappa shape index (κ2) is 6.30. The zero-order valence-corrected chi connectivity index (χ0v) is 14.5. The van der Waals surface area contributed by atoms with Gasteiger partial charge in [-0.3, -0.25) is 0 Å². The van der Waals surface area contributed by atoms with E-state index >= 15 is 0 Å². The summed E-state index contributed by atoms with van der Waals surface area (Å²) in [6.45, 7) is 0. The number of anilines is 1. The zero-order valence-electron chi connectivity index (χ0n) is 14.5. The minimum absolute atomic E-state index is 0.540. The Morgan fingerprint density at radius 1 is 0.923 bits per heavy atom. The molecule has 6 nitrogen and oxygen atoms in total. The molecule has 0 saturated carbocycles. The first kappa shape index (κ1) is 15.8. The van der Waals surface area contributed by atoms with Gasteiger partial charge in [-0.05, 0) is 42.5 Å². The minimum atomic E-state index is 0.540. The molecule has 6 heteroatoms. The summed E-state index contributed by atoms with van der Waals surface area (Å²) in [7, 11) is 4.01. The number of hydrogen-bond acceptors (Lipinski definition) is 5. The van der Waals surface area contributed by atoms with Gasteiger partial charge < -0.3 is 4.90 Å². The normalized spacial score (nSPS) is 10.7. The molecule has 0 bridgehead atoms. The summed E-state index contributed by atoms with van der Waals surface area (Å²) in [5.74, 6) is 1.17. The average Bonchev–Trinajstić information content (AvgIpc) is 3.12. The quantitative estimate of drug-likeness (QED) is 0.572. The van der Waals surface area contributed by atoms with Crippen LogP contribution in [0.2, 0.25) is 0 Å². The predicted molar refractivity (Wildman–Crippen MR) is 101 cm³/mol. The highest BCUT2D eigenvalue weighted by Gasteiger charge is 2.11. The Hall–Kier alpha value is -3.72. The zero-order chi connectivity index (χ0) is 18.1. The summed E-state index contributed by atoms with van der Waals surface area (Å²) in [5.41, 5.74) is 4.51. The summed E-state index contributed by atoms with van der Waals surface area (Å²) < 4.78 is 1.73. The van der Waals surface area contributed by atoms with E-state index in [-0.39, 0.29) is 0 Å². The summed E-state index contributed by atoms with van der Waals surface area (Å²) in [4.78, 5) is 10.9.